The van der Waals surface area contributed by atoms with E-state index in [1.165, 1.54) is 0 Å². The first-order valence-electron chi connectivity index (χ1n) is 11.9. The van der Waals surface area contributed by atoms with E-state index in [4.69, 9.17) is 4.52 Å². The second kappa shape index (κ2) is 10.3. The van der Waals surface area contributed by atoms with E-state index in [0.717, 1.165) is 16.7 Å². The van der Waals surface area contributed by atoms with Crippen molar-refractivity contribution in [3.63, 3.8) is 0 Å². The molecule has 1 aliphatic rings. The molecule has 1 aliphatic heterocycles. The number of aryl methyl sites for hydroxylation is 2. The Morgan fingerprint density at radius 2 is 1.74 bits per heavy atom. The van der Waals surface area contributed by atoms with E-state index in [2.05, 4.69) is 14.9 Å². The smallest absolute Gasteiger partial charge is 0.257 e. The summed E-state index contributed by atoms with van der Waals surface area (Å²) in [6.45, 7) is 8.61. The van der Waals surface area contributed by atoms with Crippen LogP contribution in [-0.2, 0) is 14.8 Å². The van der Waals surface area contributed by atoms with Gasteiger partial charge in [0, 0.05) is 24.6 Å². The molecule has 186 valence electrons. The molecule has 0 radical (unpaired) electrons. The van der Waals surface area contributed by atoms with E-state index in [9.17, 15) is 13.2 Å². The van der Waals surface area contributed by atoms with Gasteiger partial charge in [0.1, 0.15) is 6.04 Å². The first-order valence-corrected chi connectivity index (χ1v) is 13.4. The number of hydrogen-bond acceptors (Lipinski definition) is 6. The third-order valence-corrected chi connectivity index (χ3v) is 7.88. The van der Waals surface area contributed by atoms with Crippen LogP contribution in [-0.4, -0.2) is 48.5 Å². The summed E-state index contributed by atoms with van der Waals surface area (Å²) in [5.41, 5.74) is 2.97. The average molecular weight is 497 g/mol. The van der Waals surface area contributed by atoms with Gasteiger partial charge in [-0.05, 0) is 56.9 Å². The molecular formula is C26H32N4O4S. The van der Waals surface area contributed by atoms with E-state index in [1.54, 1.807) is 29.2 Å². The first-order chi connectivity index (χ1) is 16.6. The number of amides is 1. The van der Waals surface area contributed by atoms with Crippen LogP contribution in [0.25, 0.3) is 11.5 Å². The highest BCUT2D eigenvalue weighted by Gasteiger charge is 2.34. The zero-order valence-electron chi connectivity index (χ0n) is 20.6. The minimum atomic E-state index is -3.82. The van der Waals surface area contributed by atoms with Gasteiger partial charge in [-0.3, -0.25) is 4.79 Å². The summed E-state index contributed by atoms with van der Waals surface area (Å²) in [5, 5.41) is 4.19. The molecule has 0 bridgehead atoms. The highest BCUT2D eigenvalue weighted by Crippen LogP contribution is 2.29. The summed E-state index contributed by atoms with van der Waals surface area (Å²) < 4.78 is 34.0. The van der Waals surface area contributed by atoms with Crippen LogP contribution in [0.1, 0.15) is 49.6 Å². The van der Waals surface area contributed by atoms with Crippen molar-refractivity contribution in [2.24, 2.45) is 5.92 Å². The van der Waals surface area contributed by atoms with Gasteiger partial charge in [0.15, 0.2) is 5.82 Å². The van der Waals surface area contributed by atoms with Gasteiger partial charge in [0.2, 0.25) is 15.9 Å². The summed E-state index contributed by atoms with van der Waals surface area (Å²) >= 11 is 0. The summed E-state index contributed by atoms with van der Waals surface area (Å²) in [6, 6.07) is 13.7. The van der Waals surface area contributed by atoms with Crippen molar-refractivity contribution in [2.75, 3.05) is 13.1 Å². The molecule has 1 saturated heterocycles. The van der Waals surface area contributed by atoms with Gasteiger partial charge in [-0.25, -0.2) is 8.42 Å². The van der Waals surface area contributed by atoms with Crippen LogP contribution in [0.5, 0.6) is 0 Å². The molecule has 2 aromatic carbocycles. The number of nitrogens with one attached hydrogen (secondary N) is 1. The van der Waals surface area contributed by atoms with Gasteiger partial charge < -0.3 is 9.42 Å². The summed E-state index contributed by atoms with van der Waals surface area (Å²) in [4.78, 5) is 19.8. The highest BCUT2D eigenvalue weighted by atomic mass is 32.2. The molecule has 0 aliphatic carbocycles. The largest absolute Gasteiger partial charge is 0.341 e. The number of likely N-dealkylation sites (tertiary alicyclic amines) is 1. The van der Waals surface area contributed by atoms with Gasteiger partial charge in [0.25, 0.3) is 5.89 Å². The maximum Gasteiger partial charge on any atom is 0.257 e. The highest BCUT2D eigenvalue weighted by molar-refractivity contribution is 7.89. The van der Waals surface area contributed by atoms with Crippen molar-refractivity contribution in [3.05, 3.63) is 65.5 Å². The van der Waals surface area contributed by atoms with Crippen LogP contribution in [0.2, 0.25) is 0 Å². The Bertz CT molecular complexity index is 1280. The molecule has 1 atom stereocenters. The van der Waals surface area contributed by atoms with Crippen molar-refractivity contribution in [1.82, 2.24) is 19.8 Å². The predicted molar refractivity (Wildman–Crippen MR) is 133 cm³/mol. The van der Waals surface area contributed by atoms with Crippen LogP contribution in [0.4, 0.5) is 0 Å². The fourth-order valence-corrected chi connectivity index (χ4v) is 5.61. The Labute approximate surface area is 206 Å². The van der Waals surface area contributed by atoms with Gasteiger partial charge in [-0.1, -0.05) is 54.4 Å². The molecule has 1 amide bonds. The van der Waals surface area contributed by atoms with Gasteiger partial charge >= 0.3 is 0 Å². The van der Waals surface area contributed by atoms with Crippen LogP contribution >= 0.6 is 0 Å². The van der Waals surface area contributed by atoms with Crippen molar-refractivity contribution in [3.8, 4) is 11.5 Å². The molecule has 1 fully saturated rings. The standard InChI is InChI=1S/C26H32N4O4S/c1-17(2)23(29-35(32,33)22-10-8-18(3)9-11-22)26(31)30-14-12-20(13-15-30)24-27-25(34-28-24)21-7-5-6-19(4)16-21/h5-11,16-17,20,23,29H,12-15H2,1-4H3/t23-/m1/s1. The maximum absolute atomic E-state index is 13.3. The van der Waals surface area contributed by atoms with Gasteiger partial charge in [0.05, 0.1) is 4.90 Å². The summed E-state index contributed by atoms with van der Waals surface area (Å²) in [7, 11) is -3.82. The van der Waals surface area contributed by atoms with Gasteiger partial charge in [-0.2, -0.15) is 9.71 Å². The molecule has 8 nitrogen and oxygen atoms in total. The molecule has 0 spiro atoms. The lowest BCUT2D eigenvalue weighted by Crippen LogP contribution is -2.52. The minimum Gasteiger partial charge on any atom is -0.341 e. The molecular weight excluding hydrogens is 464 g/mol. The average Bonchev–Trinajstić information content (AvgIpc) is 3.33. The fraction of sp³-hybridized carbons (Fsp3) is 0.423. The Balaban J connectivity index is 1.40. The zero-order valence-corrected chi connectivity index (χ0v) is 21.4. The number of carbonyl (C=O) groups excluding carboxylic acids is 1. The lowest BCUT2D eigenvalue weighted by atomic mass is 9.94. The second-order valence-electron chi connectivity index (χ2n) is 9.58. The number of benzene rings is 2. The molecule has 35 heavy (non-hydrogen) atoms. The summed E-state index contributed by atoms with van der Waals surface area (Å²) in [6.07, 6.45) is 1.38. The monoisotopic (exact) mass is 496 g/mol. The minimum absolute atomic E-state index is 0.0862. The van der Waals surface area contributed by atoms with Crippen LogP contribution < -0.4 is 4.72 Å². The van der Waals surface area contributed by atoms with Crippen LogP contribution in [0.15, 0.2) is 57.9 Å². The molecule has 3 aromatic rings. The lowest BCUT2D eigenvalue weighted by molar-refractivity contribution is -0.135. The van der Waals surface area contributed by atoms with Crippen molar-refractivity contribution in [2.45, 2.75) is 57.4 Å². The summed E-state index contributed by atoms with van der Waals surface area (Å²) in [5.74, 6) is 0.821. The Hall–Kier alpha value is -3.04. The fourth-order valence-electron chi connectivity index (χ4n) is 4.28. The number of nitrogens with zero attached hydrogens (tertiary/aromatic N) is 3. The lowest BCUT2D eigenvalue weighted by Gasteiger charge is -2.34. The number of hydrogen-bond donors (Lipinski definition) is 1. The third kappa shape index (κ3) is 5.79. The number of piperidine rings is 1. The SMILES string of the molecule is Cc1ccc(S(=O)(=O)N[C@@H](C(=O)N2CCC(c3noc(-c4cccc(C)c4)n3)CC2)C(C)C)cc1. The molecule has 9 heteroatoms. The molecule has 0 saturated carbocycles. The third-order valence-electron chi connectivity index (χ3n) is 6.42. The van der Waals surface area contributed by atoms with E-state index in [0.29, 0.717) is 37.6 Å². The van der Waals surface area contributed by atoms with Crippen LogP contribution in [0.3, 0.4) is 0 Å². The number of sulfonamides is 1. The van der Waals surface area contributed by atoms with E-state index >= 15 is 0 Å². The zero-order chi connectivity index (χ0) is 25.2. The molecule has 4 rings (SSSR count). The van der Waals surface area contributed by atoms with E-state index < -0.39 is 16.1 Å². The predicted octanol–water partition coefficient (Wildman–Crippen LogP) is 4.06. The molecule has 1 aromatic heterocycles. The Morgan fingerprint density at radius 1 is 1.06 bits per heavy atom. The topological polar surface area (TPSA) is 105 Å². The first kappa shape index (κ1) is 25.1. The number of rotatable bonds is 7. The normalized spacial score (nSPS) is 16.0. The number of aromatic nitrogens is 2. The Kier molecular flexibility index (Phi) is 7.37. The quantitative estimate of drug-likeness (QED) is 0.529. The number of carbonyl (C=O) groups is 1. The maximum atomic E-state index is 13.3. The Morgan fingerprint density at radius 3 is 2.37 bits per heavy atom. The van der Waals surface area contributed by atoms with Crippen LogP contribution in [0, 0.1) is 19.8 Å². The molecule has 0 unspecified atom stereocenters. The molecule has 1 N–H and O–H groups in total. The second-order valence-corrected chi connectivity index (χ2v) is 11.3. The van der Waals surface area contributed by atoms with Gasteiger partial charge in [-0.15, -0.1) is 0 Å². The van der Waals surface area contributed by atoms with Crippen molar-refractivity contribution in [1.29, 1.82) is 0 Å². The van der Waals surface area contributed by atoms with E-state index in [-0.39, 0.29) is 22.6 Å². The van der Waals surface area contributed by atoms with Crippen molar-refractivity contribution >= 4 is 15.9 Å². The van der Waals surface area contributed by atoms with Crippen molar-refractivity contribution < 1.29 is 17.7 Å². The molecule has 2 heterocycles. The van der Waals surface area contributed by atoms with E-state index in [1.807, 2.05) is 52.0 Å².